The minimum absolute atomic E-state index is 0.0589. The number of amides is 11. The maximum Gasteiger partial charge on any atom is 0.305 e. The number of nitrogens with one attached hydrogen (secondary N) is 9. The number of aliphatic carboxylic acids is 1. The van der Waals surface area contributed by atoms with Crippen LogP contribution in [-0.4, -0.2) is 164 Å². The van der Waals surface area contributed by atoms with Crippen LogP contribution in [0.15, 0.2) is 12.2 Å². The number of ketones is 2. The average molecular weight is 1220 g/mol. The zero-order chi connectivity index (χ0) is 66.6. The number of unbranched alkanes of at least 4 members (excludes halogenated alkanes) is 2. The molecule has 0 fully saturated rings. The van der Waals surface area contributed by atoms with Gasteiger partial charge in [-0.1, -0.05) is 67.0 Å². The molecule has 86 heavy (non-hydrogen) atoms. The van der Waals surface area contributed by atoms with E-state index in [4.69, 9.17) is 22.9 Å². The van der Waals surface area contributed by atoms with E-state index in [1.807, 2.05) is 26.0 Å². The molecule has 0 aliphatic rings. The van der Waals surface area contributed by atoms with Crippen LogP contribution in [0.25, 0.3) is 0 Å². The van der Waals surface area contributed by atoms with Crippen LogP contribution in [0.2, 0.25) is 0 Å². The Labute approximate surface area is 504 Å². The molecule has 19 N–H and O–H groups in total. The molecule has 0 aliphatic heterocycles. The standard InChI is InChI=1S/C57H99N13O16/c1-14-32(9)46(67-48(79)33(10)62-50(81)37(27-42(60)75)65-49(80)35(22-23-40(58)73)63-52(83)44(61)34(11)71)54(85)66-38(28-43(76)77)51(82)70-56(12,47(78)30(5)6)24-20-18-16-17-19-21-25-57(13,69-31(7)8)55(86)68-45(29(3)4)53(84)64-36(26-41(59)74)39(72)15-2/h16-17,29-38,44-46,69,71H,14-15,18-28,61H2,1-13H3,(H2,58,73)(H2,59,74)(H2,60,75)(H,62,81)(H,63,83)(H,64,84)(H,65,80)(H,66,85)(H,67,79)(H,68,86)(H,70,82)(H,76,77)/b17-16-/t32-,33-,34+,35-,36-,37-,38-,44-,45-,46-,56?,57-/m0/s1. The Morgan fingerprint density at radius 2 is 1.01 bits per heavy atom. The van der Waals surface area contributed by atoms with E-state index in [1.54, 1.807) is 55.4 Å². The van der Waals surface area contributed by atoms with E-state index >= 15 is 0 Å². The molecule has 0 aromatic heterocycles. The van der Waals surface area contributed by atoms with Crippen LogP contribution < -0.4 is 70.8 Å². The fourth-order valence-corrected chi connectivity index (χ4v) is 9.03. The molecule has 0 heterocycles. The number of nitrogens with two attached hydrogens (primary N) is 4. The van der Waals surface area contributed by atoms with Crippen molar-refractivity contribution < 1.29 is 77.3 Å². The zero-order valence-corrected chi connectivity index (χ0v) is 52.3. The highest BCUT2D eigenvalue weighted by Crippen LogP contribution is 2.22. The van der Waals surface area contributed by atoms with Gasteiger partial charge < -0.3 is 81.0 Å². The maximum absolute atomic E-state index is 14.1. The van der Waals surface area contributed by atoms with Crippen molar-refractivity contribution in [2.24, 2.45) is 40.7 Å². The Morgan fingerprint density at radius 1 is 0.535 bits per heavy atom. The van der Waals surface area contributed by atoms with Crippen molar-refractivity contribution in [3.8, 4) is 0 Å². The van der Waals surface area contributed by atoms with Crippen LogP contribution in [0, 0.1) is 17.8 Å². The minimum Gasteiger partial charge on any atom is -0.481 e. The van der Waals surface area contributed by atoms with Gasteiger partial charge in [-0.15, -0.1) is 0 Å². The molecule has 0 aromatic carbocycles. The Hall–Kier alpha value is -7.40. The van der Waals surface area contributed by atoms with Crippen molar-refractivity contribution in [3.63, 3.8) is 0 Å². The van der Waals surface area contributed by atoms with Crippen LogP contribution in [0.3, 0.4) is 0 Å². The van der Waals surface area contributed by atoms with Gasteiger partial charge in [-0.2, -0.15) is 0 Å². The normalized spacial score (nSPS) is 16.4. The van der Waals surface area contributed by atoms with Crippen molar-refractivity contribution in [3.05, 3.63) is 12.2 Å². The number of primary amides is 3. The topological polar surface area (TPSA) is 492 Å². The lowest BCUT2D eigenvalue weighted by atomic mass is 9.84. The number of hydrogen-bond acceptors (Lipinski definition) is 17. The summed E-state index contributed by atoms with van der Waals surface area (Å²) in [5.41, 5.74) is 18.9. The molecule has 0 rings (SSSR count). The molecule has 0 radical (unpaired) electrons. The third-order valence-electron chi connectivity index (χ3n) is 14.3. The molecule has 0 saturated carbocycles. The summed E-state index contributed by atoms with van der Waals surface area (Å²) in [5, 5.41) is 42.7. The summed E-state index contributed by atoms with van der Waals surface area (Å²) in [6.07, 6.45) is 2.08. The zero-order valence-electron chi connectivity index (χ0n) is 52.3. The number of Topliss-reactive ketones (excluding diaryl/α,β-unsaturated/α-hetero) is 2. The maximum atomic E-state index is 14.1. The molecule has 488 valence electrons. The Bertz CT molecular complexity index is 2420. The minimum atomic E-state index is -1.76. The van der Waals surface area contributed by atoms with E-state index in [0.29, 0.717) is 32.1 Å². The highest BCUT2D eigenvalue weighted by Gasteiger charge is 2.41. The lowest BCUT2D eigenvalue weighted by Gasteiger charge is -2.34. The Balaban J connectivity index is 6.25. The highest BCUT2D eigenvalue weighted by atomic mass is 16.4. The molecular weight excluding hydrogens is 1120 g/mol. The van der Waals surface area contributed by atoms with E-state index in [9.17, 15) is 77.3 Å². The molecule has 0 saturated heterocycles. The summed E-state index contributed by atoms with van der Waals surface area (Å²) in [6.45, 7) is 20.9. The summed E-state index contributed by atoms with van der Waals surface area (Å²) in [7, 11) is 0. The van der Waals surface area contributed by atoms with Gasteiger partial charge in [0.15, 0.2) is 11.6 Å². The molecule has 29 heteroatoms. The van der Waals surface area contributed by atoms with Gasteiger partial charge in [0.1, 0.15) is 42.3 Å². The van der Waals surface area contributed by atoms with E-state index < -0.39 is 173 Å². The van der Waals surface area contributed by atoms with Gasteiger partial charge in [0.05, 0.1) is 42.5 Å². The number of carboxylic acid groups (broad SMARTS) is 1. The first-order chi connectivity index (χ1) is 39.8. The van der Waals surface area contributed by atoms with Crippen molar-refractivity contribution in [1.82, 2.24) is 47.9 Å². The van der Waals surface area contributed by atoms with Gasteiger partial charge in [-0.05, 0) is 98.3 Å². The number of carbonyl (C=O) groups excluding carboxylic acids is 13. The lowest BCUT2D eigenvalue weighted by molar-refractivity contribution is -0.142. The number of aliphatic hydroxyl groups is 1. The van der Waals surface area contributed by atoms with Crippen molar-refractivity contribution in [2.75, 3.05) is 0 Å². The van der Waals surface area contributed by atoms with Crippen LogP contribution in [0.1, 0.15) is 173 Å². The molecule has 12 atom stereocenters. The predicted octanol–water partition coefficient (Wildman–Crippen LogP) is -1.97. The first-order valence-electron chi connectivity index (χ1n) is 29.2. The third-order valence-corrected chi connectivity index (χ3v) is 14.3. The second-order valence-corrected chi connectivity index (χ2v) is 23.3. The summed E-state index contributed by atoms with van der Waals surface area (Å²) in [5.74, 6) is -13.9. The van der Waals surface area contributed by atoms with Gasteiger partial charge in [0.25, 0.3) is 0 Å². The summed E-state index contributed by atoms with van der Waals surface area (Å²) in [6, 6.07) is -11.8. The average Bonchev–Trinajstić information content (AvgIpc) is 3.03. The smallest absolute Gasteiger partial charge is 0.305 e. The van der Waals surface area contributed by atoms with Gasteiger partial charge >= 0.3 is 5.97 Å². The first kappa shape index (κ1) is 78.6. The van der Waals surface area contributed by atoms with Crippen molar-refractivity contribution >= 4 is 82.5 Å². The number of allylic oxidation sites excluding steroid dienone is 2. The van der Waals surface area contributed by atoms with E-state index in [1.165, 1.54) is 20.8 Å². The highest BCUT2D eigenvalue weighted by molar-refractivity contribution is 6.00. The second-order valence-electron chi connectivity index (χ2n) is 23.3. The summed E-state index contributed by atoms with van der Waals surface area (Å²) in [4.78, 5) is 182. The molecule has 0 aromatic rings. The third kappa shape index (κ3) is 28.2. The molecule has 0 aliphatic carbocycles. The van der Waals surface area contributed by atoms with Crippen LogP contribution >= 0.6 is 0 Å². The lowest BCUT2D eigenvalue weighted by Crippen LogP contribution is -2.62. The van der Waals surface area contributed by atoms with Gasteiger partial charge in [-0.25, -0.2) is 0 Å². The van der Waals surface area contributed by atoms with Crippen molar-refractivity contribution in [2.45, 2.75) is 245 Å². The molecule has 11 amide bonds. The Morgan fingerprint density at radius 3 is 1.48 bits per heavy atom. The van der Waals surface area contributed by atoms with E-state index in [-0.39, 0.29) is 49.7 Å². The van der Waals surface area contributed by atoms with Gasteiger partial charge in [0.2, 0.25) is 65.0 Å². The predicted molar refractivity (Wildman–Crippen MR) is 317 cm³/mol. The molecule has 29 nitrogen and oxygen atoms in total. The molecular formula is C57H99N13O16. The molecule has 1 unspecified atom stereocenters. The fourth-order valence-electron chi connectivity index (χ4n) is 9.03. The first-order valence-corrected chi connectivity index (χ1v) is 29.2. The number of rotatable bonds is 43. The van der Waals surface area contributed by atoms with Crippen LogP contribution in [-0.2, 0) is 67.1 Å². The van der Waals surface area contributed by atoms with Crippen LogP contribution in [0.4, 0.5) is 0 Å². The largest absolute Gasteiger partial charge is 0.481 e. The van der Waals surface area contributed by atoms with E-state index in [0.717, 1.165) is 0 Å². The number of carbonyl (C=O) groups is 14. The second kappa shape index (κ2) is 37.9. The fraction of sp³-hybridized carbons (Fsp3) is 0.719. The van der Waals surface area contributed by atoms with Gasteiger partial charge in [-0.3, -0.25) is 67.1 Å². The van der Waals surface area contributed by atoms with E-state index in [2.05, 4.69) is 47.9 Å². The van der Waals surface area contributed by atoms with Gasteiger partial charge in [0, 0.05) is 24.8 Å². The quantitative estimate of drug-likeness (QED) is 0.0233. The summed E-state index contributed by atoms with van der Waals surface area (Å²) < 4.78 is 0. The number of carboxylic acids is 1. The monoisotopic (exact) mass is 1220 g/mol. The van der Waals surface area contributed by atoms with Crippen LogP contribution in [0.5, 0.6) is 0 Å². The Kier molecular flexibility index (Phi) is 34.6. The molecule has 0 spiro atoms. The number of aliphatic hydroxyl groups excluding tert-OH is 1. The number of hydrogen-bond donors (Lipinski definition) is 15. The van der Waals surface area contributed by atoms with Crippen molar-refractivity contribution in [1.29, 1.82) is 0 Å². The molecule has 0 bridgehead atoms. The SMILES string of the molecule is CCC(=O)[C@H](CC(N)=O)NC(=O)[C@@H](NC(=O)[C@](C)(CCC/C=C\CCCC(C)(NC(=O)[C@H](CC(=O)O)NC(=O)[C@@H](NC(=O)[C@H](C)NC(=O)[C@H](CC(N)=O)NC(=O)[C@H](CCC(N)=O)NC(=O)[C@@H](N)[C@@H](C)O)[C@@H](C)CC)C(=O)C(C)C)NC(C)C)C(C)C. The summed E-state index contributed by atoms with van der Waals surface area (Å²) >= 11 is 0.